The minimum Gasteiger partial charge on any atom is -0.493 e. The van der Waals surface area contributed by atoms with E-state index in [2.05, 4.69) is 15.3 Å². The van der Waals surface area contributed by atoms with Crippen LogP contribution in [-0.2, 0) is 6.54 Å². The van der Waals surface area contributed by atoms with Crippen LogP contribution in [0.5, 0.6) is 5.75 Å². The van der Waals surface area contributed by atoms with Gasteiger partial charge in [0.1, 0.15) is 5.75 Å². The summed E-state index contributed by atoms with van der Waals surface area (Å²) in [6.07, 6.45) is 1.78. The summed E-state index contributed by atoms with van der Waals surface area (Å²) < 4.78 is 5.60. The molecule has 2 aromatic rings. The summed E-state index contributed by atoms with van der Waals surface area (Å²) in [7, 11) is 1.90. The lowest BCUT2D eigenvalue weighted by Gasteiger charge is -2.09. The Balaban J connectivity index is 2.38. The van der Waals surface area contributed by atoms with Gasteiger partial charge >= 0.3 is 0 Å². The van der Waals surface area contributed by atoms with Crippen LogP contribution in [0.25, 0.3) is 11.4 Å². The summed E-state index contributed by atoms with van der Waals surface area (Å²) in [5.41, 5.74) is 1.89. The standard InChI is InChI=1S/C14H17N3O/c1-3-18-13-7-5-4-6-12(13)14-16-9-8-11(17-14)10-15-2/h4-9,15H,3,10H2,1-2H3. The number of ether oxygens (including phenoxy) is 1. The molecule has 1 aromatic carbocycles. The van der Waals surface area contributed by atoms with Crippen LogP contribution in [0.2, 0.25) is 0 Å². The molecule has 0 saturated carbocycles. The lowest BCUT2D eigenvalue weighted by atomic mass is 10.2. The zero-order valence-electron chi connectivity index (χ0n) is 10.7. The second kappa shape index (κ2) is 6.12. The SMILES string of the molecule is CCOc1ccccc1-c1nccc(CNC)n1. The van der Waals surface area contributed by atoms with Crippen molar-refractivity contribution in [1.82, 2.24) is 15.3 Å². The maximum Gasteiger partial charge on any atom is 0.163 e. The summed E-state index contributed by atoms with van der Waals surface area (Å²) in [6.45, 7) is 3.33. The summed E-state index contributed by atoms with van der Waals surface area (Å²) in [5.74, 6) is 1.52. The highest BCUT2D eigenvalue weighted by Crippen LogP contribution is 2.26. The van der Waals surface area contributed by atoms with Gasteiger partial charge in [-0.3, -0.25) is 0 Å². The molecular weight excluding hydrogens is 226 g/mol. The molecule has 1 heterocycles. The molecule has 18 heavy (non-hydrogen) atoms. The van der Waals surface area contributed by atoms with Gasteiger partial charge in [-0.05, 0) is 32.2 Å². The van der Waals surface area contributed by atoms with Crippen molar-refractivity contribution in [3.63, 3.8) is 0 Å². The molecule has 0 amide bonds. The van der Waals surface area contributed by atoms with Crippen molar-refractivity contribution in [3.8, 4) is 17.1 Å². The van der Waals surface area contributed by atoms with Crippen LogP contribution in [0.1, 0.15) is 12.6 Å². The first-order valence-electron chi connectivity index (χ1n) is 6.04. The van der Waals surface area contributed by atoms with Gasteiger partial charge in [0, 0.05) is 12.7 Å². The average molecular weight is 243 g/mol. The molecule has 4 heteroatoms. The molecule has 2 rings (SSSR count). The molecule has 0 atom stereocenters. The van der Waals surface area contributed by atoms with Crippen LogP contribution in [-0.4, -0.2) is 23.6 Å². The third-order valence-electron chi connectivity index (χ3n) is 2.50. The first-order valence-corrected chi connectivity index (χ1v) is 6.04. The second-order valence-corrected chi connectivity index (χ2v) is 3.83. The molecule has 4 nitrogen and oxygen atoms in total. The summed E-state index contributed by atoms with van der Waals surface area (Å²) in [5, 5.41) is 3.08. The molecule has 0 bridgehead atoms. The van der Waals surface area contributed by atoms with Gasteiger partial charge < -0.3 is 10.1 Å². The molecule has 94 valence electrons. The largest absolute Gasteiger partial charge is 0.493 e. The zero-order chi connectivity index (χ0) is 12.8. The predicted molar refractivity (Wildman–Crippen MR) is 71.4 cm³/mol. The highest BCUT2D eigenvalue weighted by Gasteiger charge is 2.08. The topological polar surface area (TPSA) is 47.0 Å². The first kappa shape index (κ1) is 12.5. The molecule has 0 aliphatic heterocycles. The lowest BCUT2D eigenvalue weighted by molar-refractivity contribution is 0.341. The quantitative estimate of drug-likeness (QED) is 0.875. The van der Waals surface area contributed by atoms with E-state index in [0.717, 1.165) is 23.6 Å². The van der Waals surface area contributed by atoms with Crippen molar-refractivity contribution in [2.45, 2.75) is 13.5 Å². The molecule has 0 aliphatic rings. The lowest BCUT2D eigenvalue weighted by Crippen LogP contribution is -2.08. The summed E-state index contributed by atoms with van der Waals surface area (Å²) in [4.78, 5) is 8.84. The Morgan fingerprint density at radius 3 is 2.83 bits per heavy atom. The smallest absolute Gasteiger partial charge is 0.163 e. The van der Waals surface area contributed by atoms with Gasteiger partial charge in [-0.25, -0.2) is 9.97 Å². The monoisotopic (exact) mass is 243 g/mol. The van der Waals surface area contributed by atoms with Crippen LogP contribution in [0, 0.1) is 0 Å². The van der Waals surface area contributed by atoms with Crippen molar-refractivity contribution in [3.05, 3.63) is 42.2 Å². The highest BCUT2D eigenvalue weighted by molar-refractivity contribution is 5.63. The van der Waals surface area contributed by atoms with Crippen LogP contribution in [0.3, 0.4) is 0 Å². The van der Waals surface area contributed by atoms with E-state index in [4.69, 9.17) is 4.74 Å². The van der Waals surface area contributed by atoms with Gasteiger partial charge in [-0.15, -0.1) is 0 Å². The van der Waals surface area contributed by atoms with Gasteiger partial charge in [0.05, 0.1) is 17.9 Å². The minimum atomic E-state index is 0.632. The zero-order valence-corrected chi connectivity index (χ0v) is 10.7. The van der Waals surface area contributed by atoms with Crippen molar-refractivity contribution >= 4 is 0 Å². The van der Waals surface area contributed by atoms with Crippen molar-refractivity contribution in [2.75, 3.05) is 13.7 Å². The molecule has 0 fully saturated rings. The fourth-order valence-corrected chi connectivity index (χ4v) is 1.74. The van der Waals surface area contributed by atoms with E-state index in [0.29, 0.717) is 12.4 Å². The van der Waals surface area contributed by atoms with Crippen molar-refractivity contribution in [1.29, 1.82) is 0 Å². The molecule has 1 aromatic heterocycles. The molecule has 0 radical (unpaired) electrons. The molecule has 0 saturated heterocycles. The third kappa shape index (κ3) is 2.84. The van der Waals surface area contributed by atoms with E-state index in [1.165, 1.54) is 0 Å². The molecule has 0 aliphatic carbocycles. The van der Waals surface area contributed by atoms with E-state index in [1.54, 1.807) is 6.20 Å². The minimum absolute atomic E-state index is 0.632. The Labute approximate surface area is 107 Å². The van der Waals surface area contributed by atoms with E-state index < -0.39 is 0 Å². The molecular formula is C14H17N3O. The van der Waals surface area contributed by atoms with Crippen molar-refractivity contribution in [2.24, 2.45) is 0 Å². The fourth-order valence-electron chi connectivity index (χ4n) is 1.74. The Hall–Kier alpha value is -1.94. The fraction of sp³-hybridized carbons (Fsp3) is 0.286. The number of hydrogen-bond donors (Lipinski definition) is 1. The number of nitrogens with zero attached hydrogens (tertiary/aromatic N) is 2. The Bertz CT molecular complexity index is 514. The Morgan fingerprint density at radius 1 is 1.22 bits per heavy atom. The second-order valence-electron chi connectivity index (χ2n) is 3.83. The molecule has 0 unspecified atom stereocenters. The van der Waals surface area contributed by atoms with Crippen molar-refractivity contribution < 1.29 is 4.74 Å². The van der Waals surface area contributed by atoms with Crippen LogP contribution < -0.4 is 10.1 Å². The number of nitrogens with one attached hydrogen (secondary N) is 1. The van der Waals surface area contributed by atoms with Gasteiger partial charge in [0.25, 0.3) is 0 Å². The first-order chi connectivity index (χ1) is 8.85. The highest BCUT2D eigenvalue weighted by atomic mass is 16.5. The molecule has 0 spiro atoms. The molecule has 1 N–H and O–H groups in total. The van der Waals surface area contributed by atoms with Gasteiger partial charge in [0.2, 0.25) is 0 Å². The Morgan fingerprint density at radius 2 is 2.06 bits per heavy atom. The predicted octanol–water partition coefficient (Wildman–Crippen LogP) is 2.26. The number of benzene rings is 1. The third-order valence-corrected chi connectivity index (χ3v) is 2.50. The summed E-state index contributed by atoms with van der Waals surface area (Å²) in [6, 6.07) is 9.73. The van der Waals surface area contributed by atoms with E-state index in [9.17, 15) is 0 Å². The van der Waals surface area contributed by atoms with Crippen LogP contribution >= 0.6 is 0 Å². The number of rotatable bonds is 5. The van der Waals surface area contributed by atoms with Crippen LogP contribution in [0.4, 0.5) is 0 Å². The number of para-hydroxylation sites is 1. The van der Waals surface area contributed by atoms with E-state index in [1.807, 2.05) is 44.3 Å². The Kier molecular flexibility index (Phi) is 4.25. The van der Waals surface area contributed by atoms with Gasteiger partial charge in [-0.2, -0.15) is 0 Å². The van der Waals surface area contributed by atoms with E-state index >= 15 is 0 Å². The maximum atomic E-state index is 5.60. The summed E-state index contributed by atoms with van der Waals surface area (Å²) >= 11 is 0. The average Bonchev–Trinajstić information content (AvgIpc) is 2.40. The number of aromatic nitrogens is 2. The normalized spacial score (nSPS) is 10.3. The van der Waals surface area contributed by atoms with Gasteiger partial charge in [-0.1, -0.05) is 12.1 Å². The van der Waals surface area contributed by atoms with E-state index in [-0.39, 0.29) is 0 Å². The van der Waals surface area contributed by atoms with Gasteiger partial charge in [0.15, 0.2) is 5.82 Å². The number of hydrogen-bond acceptors (Lipinski definition) is 4. The maximum absolute atomic E-state index is 5.60. The van der Waals surface area contributed by atoms with Crippen LogP contribution in [0.15, 0.2) is 36.5 Å².